The number of carbonyl (C=O) groups is 1. The minimum Gasteiger partial charge on any atom is -0.469 e. The number of benzene rings is 1. The highest BCUT2D eigenvalue weighted by Crippen LogP contribution is 2.27. The second kappa shape index (κ2) is 8.31. The molecule has 0 saturated carbocycles. The van der Waals surface area contributed by atoms with Crippen molar-refractivity contribution in [1.29, 1.82) is 0 Å². The molecule has 0 radical (unpaired) electrons. The molecule has 0 spiro atoms. The predicted molar refractivity (Wildman–Crippen MR) is 111 cm³/mol. The summed E-state index contributed by atoms with van der Waals surface area (Å²) in [6.45, 7) is 6.27. The molecule has 3 heterocycles. The average molecular weight is 425 g/mol. The fraction of sp³-hybridized carbons (Fsp3) is 0.227. The zero-order chi connectivity index (χ0) is 21.3. The van der Waals surface area contributed by atoms with Gasteiger partial charge in [-0.1, -0.05) is 23.9 Å². The van der Waals surface area contributed by atoms with E-state index in [0.717, 1.165) is 22.5 Å². The smallest absolute Gasteiger partial charge is 0.277 e. The summed E-state index contributed by atoms with van der Waals surface area (Å²) in [7, 11) is 0. The van der Waals surface area contributed by atoms with Crippen LogP contribution in [0.2, 0.25) is 0 Å². The van der Waals surface area contributed by atoms with Crippen molar-refractivity contribution in [3.05, 3.63) is 76.8 Å². The highest BCUT2D eigenvalue weighted by molar-refractivity contribution is 7.99. The van der Waals surface area contributed by atoms with E-state index in [0.29, 0.717) is 29.0 Å². The van der Waals surface area contributed by atoms with Gasteiger partial charge >= 0.3 is 0 Å². The van der Waals surface area contributed by atoms with E-state index in [4.69, 9.17) is 8.83 Å². The van der Waals surface area contributed by atoms with Crippen LogP contribution >= 0.6 is 11.8 Å². The van der Waals surface area contributed by atoms with Crippen molar-refractivity contribution in [3.63, 3.8) is 0 Å². The first kappa shape index (κ1) is 20.2. The van der Waals surface area contributed by atoms with Crippen LogP contribution in [0.5, 0.6) is 0 Å². The zero-order valence-electron chi connectivity index (χ0n) is 16.8. The van der Waals surface area contributed by atoms with E-state index >= 15 is 0 Å². The Morgan fingerprint density at radius 3 is 2.60 bits per heavy atom. The SMILES string of the molecule is Cc1occc1-c1nnc(SCC(=O)c2cc(C)n(Cc3ccc(F)cc3)c2C)o1. The number of aryl methyl sites for hydroxylation is 2. The fourth-order valence-electron chi connectivity index (χ4n) is 3.29. The van der Waals surface area contributed by atoms with Gasteiger partial charge in [-0.3, -0.25) is 4.79 Å². The fourth-order valence-corrected chi connectivity index (χ4v) is 3.93. The molecule has 0 N–H and O–H groups in total. The van der Waals surface area contributed by atoms with E-state index in [1.54, 1.807) is 24.5 Å². The highest BCUT2D eigenvalue weighted by Gasteiger charge is 2.18. The Hall–Kier alpha value is -3.13. The van der Waals surface area contributed by atoms with Gasteiger partial charge in [-0.05, 0) is 50.6 Å². The van der Waals surface area contributed by atoms with Crippen molar-refractivity contribution in [2.24, 2.45) is 0 Å². The lowest BCUT2D eigenvalue weighted by molar-refractivity contribution is 0.102. The van der Waals surface area contributed by atoms with Gasteiger partial charge in [-0.2, -0.15) is 0 Å². The van der Waals surface area contributed by atoms with E-state index in [2.05, 4.69) is 14.8 Å². The molecule has 0 unspecified atom stereocenters. The van der Waals surface area contributed by atoms with Crippen molar-refractivity contribution in [2.45, 2.75) is 32.5 Å². The van der Waals surface area contributed by atoms with Crippen molar-refractivity contribution in [2.75, 3.05) is 5.75 Å². The quantitative estimate of drug-likeness (QED) is 0.299. The molecule has 0 saturated heterocycles. The number of thioether (sulfide) groups is 1. The number of hydrogen-bond acceptors (Lipinski definition) is 6. The Kier molecular flexibility index (Phi) is 5.59. The van der Waals surface area contributed by atoms with Gasteiger partial charge in [0, 0.05) is 23.5 Å². The van der Waals surface area contributed by atoms with Crippen LogP contribution in [0, 0.1) is 26.6 Å². The van der Waals surface area contributed by atoms with Gasteiger partial charge in [0.2, 0.25) is 0 Å². The van der Waals surface area contributed by atoms with Crippen molar-refractivity contribution >= 4 is 17.5 Å². The molecule has 0 amide bonds. The molecule has 30 heavy (non-hydrogen) atoms. The number of Topliss-reactive ketones (excluding diaryl/α,β-unsaturated/α-hetero) is 1. The van der Waals surface area contributed by atoms with E-state index in [9.17, 15) is 9.18 Å². The first-order valence-corrected chi connectivity index (χ1v) is 10.4. The molecule has 0 fully saturated rings. The van der Waals surface area contributed by atoms with E-state index < -0.39 is 0 Å². The van der Waals surface area contributed by atoms with Crippen LogP contribution in [-0.4, -0.2) is 26.3 Å². The molecule has 1 aromatic carbocycles. The van der Waals surface area contributed by atoms with Crippen LogP contribution in [0.25, 0.3) is 11.5 Å². The van der Waals surface area contributed by atoms with Crippen molar-refractivity contribution in [1.82, 2.24) is 14.8 Å². The number of furan rings is 1. The maximum Gasteiger partial charge on any atom is 0.277 e. The molecule has 6 nitrogen and oxygen atoms in total. The maximum absolute atomic E-state index is 13.1. The third-order valence-electron chi connectivity index (χ3n) is 4.95. The number of nitrogens with zero attached hydrogens (tertiary/aromatic N) is 3. The molecule has 4 rings (SSSR count). The number of halogens is 1. The standard InChI is InChI=1S/C22H20FN3O3S/c1-13-10-19(14(2)26(13)11-16-4-6-17(23)7-5-16)20(27)12-30-22-25-24-21(29-22)18-8-9-28-15(18)3/h4-10H,11-12H2,1-3H3. The Bertz CT molecular complexity index is 1190. The lowest BCUT2D eigenvalue weighted by Gasteiger charge is -2.10. The summed E-state index contributed by atoms with van der Waals surface area (Å²) in [6, 6.07) is 10.0. The average Bonchev–Trinajstić information content (AvgIpc) is 3.43. The molecule has 8 heteroatoms. The van der Waals surface area contributed by atoms with Crippen LogP contribution in [0.1, 0.15) is 33.1 Å². The first-order valence-electron chi connectivity index (χ1n) is 9.37. The molecular weight excluding hydrogens is 405 g/mol. The van der Waals surface area contributed by atoms with Gasteiger partial charge in [-0.25, -0.2) is 4.39 Å². The largest absolute Gasteiger partial charge is 0.469 e. The van der Waals surface area contributed by atoms with Gasteiger partial charge in [0.05, 0.1) is 17.6 Å². The van der Waals surface area contributed by atoms with Gasteiger partial charge in [-0.15, -0.1) is 10.2 Å². The van der Waals surface area contributed by atoms with Crippen molar-refractivity contribution in [3.8, 4) is 11.5 Å². The molecule has 0 aliphatic heterocycles. The summed E-state index contributed by atoms with van der Waals surface area (Å²) < 4.78 is 26.1. The summed E-state index contributed by atoms with van der Waals surface area (Å²) in [5, 5.41) is 8.36. The number of carbonyl (C=O) groups excluding carboxylic acids is 1. The predicted octanol–water partition coefficient (Wildman–Crippen LogP) is 5.22. The summed E-state index contributed by atoms with van der Waals surface area (Å²) in [4.78, 5) is 12.8. The van der Waals surface area contributed by atoms with E-state index in [-0.39, 0.29) is 17.4 Å². The number of hydrogen-bond donors (Lipinski definition) is 0. The van der Waals surface area contributed by atoms with Crippen LogP contribution in [-0.2, 0) is 6.54 Å². The number of aromatic nitrogens is 3. The normalized spacial score (nSPS) is 11.2. The highest BCUT2D eigenvalue weighted by atomic mass is 32.2. The topological polar surface area (TPSA) is 74.1 Å². The molecular formula is C22H20FN3O3S. The van der Waals surface area contributed by atoms with E-state index in [1.807, 2.05) is 26.8 Å². The van der Waals surface area contributed by atoms with E-state index in [1.165, 1.54) is 23.9 Å². The molecule has 4 aromatic rings. The zero-order valence-corrected chi connectivity index (χ0v) is 17.6. The second-order valence-corrected chi connectivity index (χ2v) is 7.90. The Morgan fingerprint density at radius 2 is 1.90 bits per heavy atom. The molecule has 0 bridgehead atoms. The minimum atomic E-state index is -0.264. The Labute approximate surface area is 177 Å². The molecule has 0 aliphatic rings. The third-order valence-corrected chi connectivity index (χ3v) is 5.77. The summed E-state index contributed by atoms with van der Waals surface area (Å²) in [5.74, 6) is 0.971. The van der Waals surface area contributed by atoms with Crippen LogP contribution < -0.4 is 0 Å². The number of rotatable bonds is 7. The third kappa shape index (κ3) is 4.09. The van der Waals surface area contributed by atoms with Gasteiger partial charge in [0.1, 0.15) is 11.6 Å². The first-order chi connectivity index (χ1) is 14.4. The molecule has 0 atom stereocenters. The van der Waals surface area contributed by atoms with Gasteiger partial charge < -0.3 is 13.4 Å². The van der Waals surface area contributed by atoms with Crippen LogP contribution in [0.3, 0.4) is 0 Å². The lowest BCUT2D eigenvalue weighted by atomic mass is 10.2. The van der Waals surface area contributed by atoms with Crippen LogP contribution in [0.15, 0.2) is 56.7 Å². The minimum absolute atomic E-state index is 0.0160. The summed E-state index contributed by atoms with van der Waals surface area (Å²) in [6.07, 6.45) is 1.56. The maximum atomic E-state index is 13.1. The lowest BCUT2D eigenvalue weighted by Crippen LogP contribution is -2.07. The molecule has 0 aliphatic carbocycles. The van der Waals surface area contributed by atoms with Crippen LogP contribution in [0.4, 0.5) is 4.39 Å². The summed E-state index contributed by atoms with van der Waals surface area (Å²) >= 11 is 1.21. The molecule has 154 valence electrons. The molecule has 3 aromatic heterocycles. The van der Waals surface area contributed by atoms with Gasteiger partial charge in [0.15, 0.2) is 5.78 Å². The summed E-state index contributed by atoms with van der Waals surface area (Å²) in [5.41, 5.74) is 4.22. The number of ketones is 1. The second-order valence-electron chi connectivity index (χ2n) is 6.97. The van der Waals surface area contributed by atoms with Gasteiger partial charge in [0.25, 0.3) is 11.1 Å². The van der Waals surface area contributed by atoms with Crippen molar-refractivity contribution < 1.29 is 18.0 Å². The Morgan fingerprint density at radius 1 is 1.13 bits per heavy atom. The Balaban J connectivity index is 1.44. The monoisotopic (exact) mass is 425 g/mol.